The van der Waals surface area contributed by atoms with E-state index in [4.69, 9.17) is 9.47 Å². The van der Waals surface area contributed by atoms with Crippen molar-refractivity contribution in [1.82, 2.24) is 4.90 Å². The lowest BCUT2D eigenvalue weighted by molar-refractivity contribution is 0.0987. The highest BCUT2D eigenvalue weighted by Crippen LogP contribution is 2.60. The van der Waals surface area contributed by atoms with Gasteiger partial charge in [-0.25, -0.2) is 0 Å². The maximum atomic E-state index is 10.0. The fraction of sp³-hybridized carbons (Fsp3) is 0.647. The van der Waals surface area contributed by atoms with Gasteiger partial charge in [0.05, 0.1) is 13.7 Å². The van der Waals surface area contributed by atoms with Crippen molar-refractivity contribution in [2.45, 2.75) is 84.5 Å². The summed E-state index contributed by atoms with van der Waals surface area (Å²) in [7, 11) is 1.76. The van der Waals surface area contributed by atoms with E-state index in [1.54, 1.807) is 7.11 Å². The number of allylic oxidation sites excluding steroid dienone is 2. The zero-order valence-corrected chi connectivity index (χ0v) is 24.2. The van der Waals surface area contributed by atoms with Crippen molar-refractivity contribution in [3.8, 4) is 5.75 Å². The first kappa shape index (κ1) is 27.4. The van der Waals surface area contributed by atoms with Gasteiger partial charge in [0.1, 0.15) is 5.75 Å². The van der Waals surface area contributed by atoms with E-state index in [9.17, 15) is 5.11 Å². The van der Waals surface area contributed by atoms with Gasteiger partial charge in [0, 0.05) is 6.54 Å². The first-order chi connectivity index (χ1) is 18.4. The maximum absolute atomic E-state index is 10.0. The maximum Gasteiger partial charge on any atom is 0.160 e. The van der Waals surface area contributed by atoms with E-state index >= 15 is 0 Å². The Morgan fingerprint density at radius 3 is 2.68 bits per heavy atom. The van der Waals surface area contributed by atoms with Crippen LogP contribution in [0.1, 0.15) is 89.2 Å². The minimum atomic E-state index is 0.411. The summed E-state index contributed by atoms with van der Waals surface area (Å²) >= 11 is 0. The average molecular weight is 520 g/mol. The molecule has 5 atom stereocenters. The van der Waals surface area contributed by atoms with Crippen molar-refractivity contribution >= 4 is 0 Å². The molecule has 0 saturated heterocycles. The van der Waals surface area contributed by atoms with Crippen LogP contribution in [0.5, 0.6) is 5.75 Å². The molecule has 5 unspecified atom stereocenters. The van der Waals surface area contributed by atoms with Gasteiger partial charge in [0.15, 0.2) is 11.5 Å². The third kappa shape index (κ3) is 5.57. The number of fused-ring (bicyclic) bond motifs is 4. The van der Waals surface area contributed by atoms with Crippen molar-refractivity contribution in [3.63, 3.8) is 0 Å². The van der Waals surface area contributed by atoms with Crippen LogP contribution in [0.15, 0.2) is 53.5 Å². The average Bonchev–Trinajstić information content (AvgIpc) is 3.04. The van der Waals surface area contributed by atoms with Crippen molar-refractivity contribution in [2.75, 3.05) is 33.4 Å². The summed E-state index contributed by atoms with van der Waals surface area (Å²) in [6.45, 7) is 10.9. The zero-order chi connectivity index (χ0) is 26.7. The van der Waals surface area contributed by atoms with Gasteiger partial charge in [-0.05, 0) is 141 Å². The molecular weight excluding hydrogens is 470 g/mol. The molecule has 0 amide bonds. The second kappa shape index (κ2) is 11.9. The van der Waals surface area contributed by atoms with Crippen LogP contribution in [0, 0.1) is 23.2 Å². The lowest BCUT2D eigenvalue weighted by atomic mass is 9.69. The second-order valence-electron chi connectivity index (χ2n) is 12.4. The number of benzene rings is 1. The zero-order valence-electron chi connectivity index (χ0n) is 24.2. The predicted octanol–water partition coefficient (Wildman–Crippen LogP) is 7.75. The number of likely N-dealkylation sites (N-methyl/N-ethyl adjacent to an activating group) is 1. The Morgan fingerprint density at radius 1 is 1.05 bits per heavy atom. The number of phenols is 1. The summed E-state index contributed by atoms with van der Waals surface area (Å²) in [5.74, 6) is 5.22. The van der Waals surface area contributed by atoms with Gasteiger partial charge in [-0.2, -0.15) is 0 Å². The topological polar surface area (TPSA) is 41.9 Å². The van der Waals surface area contributed by atoms with Crippen molar-refractivity contribution in [1.29, 1.82) is 0 Å². The highest BCUT2D eigenvalue weighted by atomic mass is 16.5. The molecule has 0 aliphatic heterocycles. The number of aromatic hydroxyl groups is 1. The highest BCUT2D eigenvalue weighted by Gasteiger charge is 2.50. The molecule has 0 radical (unpaired) electrons. The van der Waals surface area contributed by atoms with Gasteiger partial charge in [-0.3, -0.25) is 4.90 Å². The Labute approximate surface area is 230 Å². The molecule has 2 fully saturated rings. The monoisotopic (exact) mass is 519 g/mol. The third-order valence-corrected chi connectivity index (χ3v) is 10.7. The van der Waals surface area contributed by atoms with Crippen molar-refractivity contribution in [3.05, 3.63) is 64.6 Å². The fourth-order valence-electron chi connectivity index (χ4n) is 8.27. The molecule has 4 aliphatic carbocycles. The smallest absolute Gasteiger partial charge is 0.160 e. The third-order valence-electron chi connectivity index (χ3n) is 10.7. The molecule has 4 heteroatoms. The molecule has 5 rings (SSSR count). The van der Waals surface area contributed by atoms with Crippen LogP contribution < -0.4 is 0 Å². The standard InChI is InChI=1S/C34H49NO3/c1-5-35(6-2)23-24-8-7-9-32(33(20-24)37-4)38-19-17-27-12-13-28-21-25-10-11-26-22-29(36)14-15-30(26)31(25)16-18-34(27,28)3/h8-9,14-15,20,22,25,27-28,31,36H,5-7,10-13,16-19,21,23H2,1-4H3. The summed E-state index contributed by atoms with van der Waals surface area (Å²) in [4.78, 5) is 2.43. The predicted molar refractivity (Wildman–Crippen MR) is 155 cm³/mol. The van der Waals surface area contributed by atoms with Gasteiger partial charge >= 0.3 is 0 Å². The van der Waals surface area contributed by atoms with Gasteiger partial charge in [-0.1, -0.05) is 32.9 Å². The minimum absolute atomic E-state index is 0.411. The normalized spacial score (nSPS) is 30.7. The summed E-state index contributed by atoms with van der Waals surface area (Å²) in [5.41, 5.74) is 4.63. The second-order valence-corrected chi connectivity index (χ2v) is 12.4. The first-order valence-electron chi connectivity index (χ1n) is 15.3. The van der Waals surface area contributed by atoms with Crippen LogP contribution in [0.2, 0.25) is 0 Å². The number of hydrogen-bond donors (Lipinski definition) is 1. The van der Waals surface area contributed by atoms with Crippen LogP contribution >= 0.6 is 0 Å². The van der Waals surface area contributed by atoms with E-state index in [-0.39, 0.29) is 0 Å². The number of aryl methyl sites for hydroxylation is 1. The Hall–Kier alpha value is -2.20. The van der Waals surface area contributed by atoms with E-state index in [1.807, 2.05) is 12.1 Å². The molecule has 0 spiro atoms. The Kier molecular flexibility index (Phi) is 8.57. The van der Waals surface area contributed by atoms with Crippen LogP contribution in [-0.2, 0) is 15.9 Å². The van der Waals surface area contributed by atoms with E-state index < -0.39 is 0 Å². The fourth-order valence-corrected chi connectivity index (χ4v) is 8.27. The van der Waals surface area contributed by atoms with Gasteiger partial charge in [0.2, 0.25) is 0 Å². The van der Waals surface area contributed by atoms with Crippen LogP contribution in [0.4, 0.5) is 0 Å². The molecule has 0 bridgehead atoms. The Bertz CT molecular complexity index is 1070. The molecule has 2 saturated carbocycles. The summed E-state index contributed by atoms with van der Waals surface area (Å²) < 4.78 is 12.2. The number of hydrogen-bond acceptors (Lipinski definition) is 4. The number of phenolic OH excluding ortho intramolecular Hbond substituents is 1. The number of ether oxygens (including phenoxy) is 2. The molecule has 0 heterocycles. The summed E-state index contributed by atoms with van der Waals surface area (Å²) in [6, 6.07) is 6.15. The molecule has 0 aromatic heterocycles. The number of rotatable bonds is 9. The minimum Gasteiger partial charge on any atom is -0.508 e. The number of methoxy groups -OCH3 is 1. The lowest BCUT2D eigenvalue weighted by Gasteiger charge is -2.36. The van der Waals surface area contributed by atoms with E-state index in [2.05, 4.69) is 50.0 Å². The Balaban J connectivity index is 1.20. The molecule has 1 N–H and O–H groups in total. The first-order valence-corrected chi connectivity index (χ1v) is 15.3. The van der Waals surface area contributed by atoms with Gasteiger partial charge in [0.25, 0.3) is 0 Å². The van der Waals surface area contributed by atoms with E-state index in [0.29, 0.717) is 17.1 Å². The largest absolute Gasteiger partial charge is 0.508 e. The molecule has 38 heavy (non-hydrogen) atoms. The van der Waals surface area contributed by atoms with Gasteiger partial charge < -0.3 is 14.6 Å². The van der Waals surface area contributed by atoms with E-state index in [0.717, 1.165) is 74.8 Å². The van der Waals surface area contributed by atoms with Crippen LogP contribution in [-0.4, -0.2) is 43.4 Å². The highest BCUT2D eigenvalue weighted by molar-refractivity contribution is 5.39. The lowest BCUT2D eigenvalue weighted by Crippen LogP contribution is -2.29. The molecule has 1 aromatic rings. The van der Waals surface area contributed by atoms with Crippen molar-refractivity contribution in [2.24, 2.45) is 23.2 Å². The molecule has 208 valence electrons. The van der Waals surface area contributed by atoms with Gasteiger partial charge in [-0.15, -0.1) is 0 Å². The van der Waals surface area contributed by atoms with Crippen LogP contribution in [0.25, 0.3) is 0 Å². The molecule has 4 aliphatic rings. The quantitative estimate of drug-likeness (QED) is 0.362. The summed E-state index contributed by atoms with van der Waals surface area (Å²) in [6.07, 6.45) is 17.8. The number of nitrogens with zero attached hydrogens (tertiary/aromatic N) is 1. The molecule has 1 aromatic carbocycles. The SMILES string of the molecule is CCN(CC)CC1=CCC=C(OCCC2CCC3CC4CCc5cc(O)ccc5C4CCC23C)C(OC)=C1. The Morgan fingerprint density at radius 2 is 1.89 bits per heavy atom. The van der Waals surface area contributed by atoms with E-state index in [1.165, 1.54) is 55.2 Å². The van der Waals surface area contributed by atoms with Crippen molar-refractivity contribution < 1.29 is 14.6 Å². The summed E-state index contributed by atoms with van der Waals surface area (Å²) in [5, 5.41) is 10.0. The molecular formula is C34H49NO3. The molecule has 4 nitrogen and oxygen atoms in total. The van der Waals surface area contributed by atoms with Crippen LogP contribution in [0.3, 0.4) is 0 Å².